The molecule has 1 heterocycles. The standard InChI is InChI=1S/C56H73NO17/c1-5-41(52(64)71-30-29-58)20-21-43(53(65)72-34-32-68-44-17-11-7-12-18-44)26-27-56(4,38-39(2)57-28-14-8-13-19-49(57)61)55(67)74-36-35-73-54(66)46(40(3)59)24-25-50(62)70-33-31-69-45-22-23-47(48(60)37-45)51(63)42-15-9-6-10-16-42/h6-7,9-12,15-18,22-23,37,39,41,43,46,58,60H,5,8,13-14,19-21,24-36,38H2,1-4H3. The van der Waals surface area contributed by atoms with Crippen LogP contribution < -0.4 is 9.47 Å². The SMILES string of the molecule is CCC(CCC(CCC(C)(CC(C)N1CCCCCC1=O)C(=O)OCCOC(=O)C(CCC(=O)OCCOc1ccc(C(=O)c2ccccc2)c(O)c1)C(C)=O)C(=O)OCCOc1ccccc1)C(=O)OCCO. The van der Waals surface area contributed by atoms with Gasteiger partial charge in [0.2, 0.25) is 5.91 Å². The molecule has 404 valence electrons. The van der Waals surface area contributed by atoms with Gasteiger partial charge >= 0.3 is 29.8 Å². The van der Waals surface area contributed by atoms with E-state index >= 15 is 0 Å². The Balaban J connectivity index is 1.33. The fraction of sp³-hybridized carbons (Fsp3) is 0.536. The normalized spacial score (nSPS) is 14.9. The molecule has 1 amide bonds. The van der Waals surface area contributed by atoms with Crippen molar-refractivity contribution in [1.82, 2.24) is 4.90 Å². The minimum Gasteiger partial charge on any atom is -0.507 e. The number of hydrogen-bond acceptors (Lipinski definition) is 17. The smallest absolute Gasteiger partial charge is 0.316 e. The number of aliphatic hydroxyl groups excluding tert-OH is 1. The molecule has 0 aromatic heterocycles. The number of nitrogens with zero attached hydrogens (tertiary/aromatic N) is 1. The highest BCUT2D eigenvalue weighted by Crippen LogP contribution is 2.36. The topological polar surface area (TPSA) is 245 Å². The number of ketones is 2. The molecule has 5 unspecified atom stereocenters. The second kappa shape index (κ2) is 31.7. The van der Waals surface area contributed by atoms with Gasteiger partial charge in [-0.25, -0.2) is 0 Å². The first kappa shape index (κ1) is 59.7. The molecule has 1 saturated heterocycles. The molecular weight excluding hydrogens is 959 g/mol. The zero-order valence-corrected chi connectivity index (χ0v) is 43.1. The first-order valence-corrected chi connectivity index (χ1v) is 25.5. The van der Waals surface area contributed by atoms with Gasteiger partial charge in [0.15, 0.2) is 5.78 Å². The van der Waals surface area contributed by atoms with E-state index in [-0.39, 0.29) is 126 Å². The van der Waals surface area contributed by atoms with Crippen LogP contribution in [0.1, 0.15) is 121 Å². The maximum Gasteiger partial charge on any atom is 0.316 e. The van der Waals surface area contributed by atoms with Crippen molar-refractivity contribution >= 4 is 47.3 Å². The van der Waals surface area contributed by atoms with E-state index in [2.05, 4.69) is 0 Å². The first-order chi connectivity index (χ1) is 35.6. The van der Waals surface area contributed by atoms with E-state index in [4.69, 9.17) is 33.2 Å². The zero-order chi connectivity index (χ0) is 53.9. The lowest BCUT2D eigenvalue weighted by molar-refractivity contribution is -0.164. The highest BCUT2D eigenvalue weighted by Gasteiger charge is 2.40. The molecule has 74 heavy (non-hydrogen) atoms. The lowest BCUT2D eigenvalue weighted by atomic mass is 9.76. The van der Waals surface area contributed by atoms with Crippen LogP contribution in [0.4, 0.5) is 0 Å². The Labute approximate surface area is 433 Å². The summed E-state index contributed by atoms with van der Waals surface area (Å²) in [6.45, 7) is 5.59. The Kier molecular flexibility index (Phi) is 25.6. The van der Waals surface area contributed by atoms with Crippen LogP contribution in [0.15, 0.2) is 78.9 Å². The molecule has 1 aliphatic heterocycles. The summed E-state index contributed by atoms with van der Waals surface area (Å²) in [5.41, 5.74) is -0.761. The third-order valence-electron chi connectivity index (χ3n) is 13.0. The number of phenolic OH excluding ortho intramolecular Hbond substituents is 1. The molecule has 0 aliphatic carbocycles. The number of esters is 5. The van der Waals surface area contributed by atoms with Gasteiger partial charge in [-0.2, -0.15) is 0 Å². The van der Waals surface area contributed by atoms with Crippen molar-refractivity contribution < 1.29 is 81.7 Å². The van der Waals surface area contributed by atoms with Crippen LogP contribution in [0.2, 0.25) is 0 Å². The van der Waals surface area contributed by atoms with E-state index in [1.54, 1.807) is 54.3 Å². The van der Waals surface area contributed by atoms with Crippen LogP contribution in [-0.2, 0) is 57.2 Å². The molecule has 3 aromatic carbocycles. The highest BCUT2D eigenvalue weighted by atomic mass is 16.6. The van der Waals surface area contributed by atoms with Crippen molar-refractivity contribution in [3.63, 3.8) is 0 Å². The molecule has 0 bridgehead atoms. The third-order valence-corrected chi connectivity index (χ3v) is 13.0. The summed E-state index contributed by atoms with van der Waals surface area (Å²) < 4.78 is 38.4. The van der Waals surface area contributed by atoms with Crippen molar-refractivity contribution in [3.8, 4) is 17.2 Å². The number of Topliss-reactive ketones (excluding diaryl/α,β-unsaturated/α-hetero) is 1. The molecule has 4 rings (SSSR count). The predicted molar refractivity (Wildman–Crippen MR) is 269 cm³/mol. The van der Waals surface area contributed by atoms with Gasteiger partial charge in [0.1, 0.15) is 75.2 Å². The van der Waals surface area contributed by atoms with E-state index < -0.39 is 65.4 Å². The number of carbonyl (C=O) groups is 8. The number of rotatable bonds is 33. The Hall–Kier alpha value is -6.82. The van der Waals surface area contributed by atoms with Crippen LogP contribution >= 0.6 is 0 Å². The Morgan fingerprint density at radius 2 is 1.28 bits per heavy atom. The predicted octanol–water partition coefficient (Wildman–Crippen LogP) is 7.17. The van der Waals surface area contributed by atoms with E-state index in [1.807, 2.05) is 32.0 Å². The first-order valence-electron chi connectivity index (χ1n) is 25.5. The number of para-hydroxylation sites is 1. The highest BCUT2D eigenvalue weighted by molar-refractivity contribution is 6.10. The second-order valence-electron chi connectivity index (χ2n) is 18.6. The van der Waals surface area contributed by atoms with Crippen molar-refractivity contribution in [2.24, 2.45) is 23.2 Å². The van der Waals surface area contributed by atoms with Gasteiger partial charge in [0, 0.05) is 37.1 Å². The van der Waals surface area contributed by atoms with Crippen molar-refractivity contribution in [2.45, 2.75) is 111 Å². The number of likely N-dealkylation sites (tertiary alicyclic amines) is 1. The number of aliphatic hydroxyl groups is 1. The van der Waals surface area contributed by atoms with Crippen molar-refractivity contribution in [2.75, 3.05) is 59.4 Å². The maximum atomic E-state index is 14.2. The lowest BCUT2D eigenvalue weighted by Gasteiger charge is -2.36. The third kappa shape index (κ3) is 19.9. The van der Waals surface area contributed by atoms with Crippen molar-refractivity contribution in [1.29, 1.82) is 0 Å². The van der Waals surface area contributed by atoms with Crippen LogP contribution in [0, 0.1) is 23.2 Å². The van der Waals surface area contributed by atoms with Crippen LogP contribution in [0.25, 0.3) is 0 Å². The zero-order valence-electron chi connectivity index (χ0n) is 43.1. The summed E-state index contributed by atoms with van der Waals surface area (Å²) >= 11 is 0. The molecule has 18 nitrogen and oxygen atoms in total. The Morgan fingerprint density at radius 1 is 0.676 bits per heavy atom. The molecule has 5 atom stereocenters. The van der Waals surface area contributed by atoms with Crippen LogP contribution in [0.3, 0.4) is 0 Å². The molecule has 0 spiro atoms. The molecule has 2 N–H and O–H groups in total. The molecule has 18 heteroatoms. The number of carbonyl (C=O) groups excluding carboxylic acids is 8. The molecule has 0 saturated carbocycles. The van der Waals surface area contributed by atoms with Gasteiger partial charge in [-0.1, -0.05) is 61.9 Å². The van der Waals surface area contributed by atoms with Crippen LogP contribution in [-0.4, -0.2) is 128 Å². The number of hydrogen-bond donors (Lipinski definition) is 2. The number of benzene rings is 3. The number of amides is 1. The summed E-state index contributed by atoms with van der Waals surface area (Å²) in [6.07, 6.45) is 3.71. The van der Waals surface area contributed by atoms with Gasteiger partial charge in [-0.3, -0.25) is 38.4 Å². The summed E-state index contributed by atoms with van der Waals surface area (Å²) in [5.74, 6) is -6.31. The molecule has 0 radical (unpaired) electrons. The van der Waals surface area contributed by atoms with E-state index in [0.717, 1.165) is 19.3 Å². The minimum atomic E-state index is -1.31. The van der Waals surface area contributed by atoms with Gasteiger partial charge in [0.05, 0.1) is 29.4 Å². The lowest BCUT2D eigenvalue weighted by Crippen LogP contribution is -2.44. The summed E-state index contributed by atoms with van der Waals surface area (Å²) in [6, 6.07) is 21.3. The van der Waals surface area contributed by atoms with E-state index in [9.17, 15) is 48.6 Å². The average molecular weight is 1030 g/mol. The summed E-state index contributed by atoms with van der Waals surface area (Å²) in [7, 11) is 0. The average Bonchev–Trinajstić information content (AvgIpc) is 3.62. The van der Waals surface area contributed by atoms with Gasteiger partial charge in [-0.05, 0) is 103 Å². The fourth-order valence-electron chi connectivity index (χ4n) is 8.71. The Morgan fingerprint density at radius 3 is 1.96 bits per heavy atom. The molecule has 3 aromatic rings. The fourth-order valence-corrected chi connectivity index (χ4v) is 8.71. The largest absolute Gasteiger partial charge is 0.507 e. The number of ether oxygens (including phenoxy) is 7. The van der Waals surface area contributed by atoms with E-state index in [1.165, 1.54) is 25.1 Å². The quantitative estimate of drug-likeness (QED) is 0.0202. The van der Waals surface area contributed by atoms with Gasteiger partial charge in [0.25, 0.3) is 0 Å². The van der Waals surface area contributed by atoms with Gasteiger partial charge < -0.3 is 48.3 Å². The van der Waals surface area contributed by atoms with E-state index in [0.29, 0.717) is 30.7 Å². The van der Waals surface area contributed by atoms with Crippen molar-refractivity contribution in [3.05, 3.63) is 90.0 Å². The minimum absolute atomic E-state index is 0.0169. The van der Waals surface area contributed by atoms with Gasteiger partial charge in [-0.15, -0.1) is 0 Å². The Bertz CT molecular complexity index is 2290. The maximum absolute atomic E-state index is 14.2. The summed E-state index contributed by atoms with van der Waals surface area (Å²) in [4.78, 5) is 107. The number of phenols is 1. The van der Waals surface area contributed by atoms with Crippen LogP contribution in [0.5, 0.6) is 17.2 Å². The molecule has 1 aliphatic rings. The summed E-state index contributed by atoms with van der Waals surface area (Å²) in [5, 5.41) is 19.6. The molecular formula is C56H73NO17. The second-order valence-corrected chi connectivity index (χ2v) is 18.6. The molecule has 1 fully saturated rings. The monoisotopic (exact) mass is 1030 g/mol. The number of aromatic hydroxyl groups is 1.